The number of rotatable bonds is 5. The molecule has 1 aromatic rings. The number of aryl methyl sites for hydroxylation is 1. The number of hydrogen-bond acceptors (Lipinski definition) is 3. The quantitative estimate of drug-likeness (QED) is 0.380. The molecule has 0 saturated carbocycles. The van der Waals surface area contributed by atoms with Crippen LogP contribution in [0.1, 0.15) is 43.2 Å². The molecule has 2 heterocycles. The van der Waals surface area contributed by atoms with Crippen molar-refractivity contribution in [1.82, 2.24) is 10.2 Å². The Labute approximate surface area is 181 Å². The maximum Gasteiger partial charge on any atom is 0.193 e. The second-order valence-electron chi connectivity index (χ2n) is 7.71. The highest BCUT2D eigenvalue weighted by atomic mass is 127. The van der Waals surface area contributed by atoms with Gasteiger partial charge in [-0.15, -0.1) is 24.0 Å². The van der Waals surface area contributed by atoms with Crippen molar-refractivity contribution in [2.45, 2.75) is 39.0 Å². The van der Waals surface area contributed by atoms with E-state index in [-0.39, 0.29) is 29.9 Å². The van der Waals surface area contributed by atoms with Crippen molar-refractivity contribution < 1.29 is 8.42 Å². The highest BCUT2D eigenvalue weighted by molar-refractivity contribution is 14.0. The zero-order chi connectivity index (χ0) is 18.6. The van der Waals surface area contributed by atoms with E-state index in [4.69, 9.17) is 4.99 Å². The molecular formula is C20H32IN3O2S. The fourth-order valence-corrected chi connectivity index (χ4v) is 5.73. The number of guanidine groups is 1. The normalized spacial score (nSPS) is 24.7. The van der Waals surface area contributed by atoms with Gasteiger partial charge in [0.25, 0.3) is 0 Å². The summed E-state index contributed by atoms with van der Waals surface area (Å²) in [5.74, 6) is 2.28. The molecule has 0 radical (unpaired) electrons. The Balaban J connectivity index is 0.00000261. The number of nitrogens with zero attached hydrogens (tertiary/aromatic N) is 2. The van der Waals surface area contributed by atoms with Gasteiger partial charge in [-0.25, -0.2) is 8.42 Å². The fourth-order valence-electron chi connectivity index (χ4n) is 3.88. The minimum atomic E-state index is -2.83. The van der Waals surface area contributed by atoms with E-state index >= 15 is 0 Å². The third-order valence-electron chi connectivity index (χ3n) is 5.36. The first-order valence-corrected chi connectivity index (χ1v) is 11.6. The first-order valence-electron chi connectivity index (χ1n) is 9.77. The minimum Gasteiger partial charge on any atom is -0.356 e. The van der Waals surface area contributed by atoms with Crippen molar-refractivity contribution in [2.24, 2.45) is 10.9 Å². The van der Waals surface area contributed by atoms with Crippen molar-refractivity contribution in [2.75, 3.05) is 37.7 Å². The summed E-state index contributed by atoms with van der Waals surface area (Å²) in [5, 5.41) is 3.47. The number of aliphatic imine (C=N–C) groups is 1. The van der Waals surface area contributed by atoms with Crippen LogP contribution in [-0.4, -0.2) is 57.0 Å². The lowest BCUT2D eigenvalue weighted by molar-refractivity contribution is 0.479. The Morgan fingerprint density at radius 2 is 2.15 bits per heavy atom. The molecule has 0 amide bonds. The standard InChI is InChI=1S/C20H31N3O2S.HI/c1-3-9-21-20(22-13-17-8-11-26(24,25)15-17)23-10-7-19(14-23)18-6-4-5-16(2)12-18;/h4-6,12,17,19H,3,7-11,13-15H2,1-2H3,(H,21,22);1H. The van der Waals surface area contributed by atoms with Crippen molar-refractivity contribution in [3.05, 3.63) is 35.4 Å². The lowest BCUT2D eigenvalue weighted by atomic mass is 9.97. The van der Waals surface area contributed by atoms with Gasteiger partial charge in [-0.05, 0) is 37.7 Å². The Hall–Kier alpha value is -0.830. The van der Waals surface area contributed by atoms with Crippen molar-refractivity contribution >= 4 is 39.8 Å². The maximum absolute atomic E-state index is 11.7. The second-order valence-corrected chi connectivity index (χ2v) is 9.93. The van der Waals surface area contributed by atoms with E-state index in [1.54, 1.807) is 0 Å². The van der Waals surface area contributed by atoms with Crippen molar-refractivity contribution in [3.63, 3.8) is 0 Å². The van der Waals surface area contributed by atoms with Crippen molar-refractivity contribution in [1.29, 1.82) is 0 Å². The van der Waals surface area contributed by atoms with Crippen molar-refractivity contribution in [3.8, 4) is 0 Å². The predicted octanol–water partition coefficient (Wildman–Crippen LogP) is 3.19. The summed E-state index contributed by atoms with van der Waals surface area (Å²) >= 11 is 0. The molecule has 3 rings (SSSR count). The van der Waals surface area contributed by atoms with Gasteiger partial charge in [0.1, 0.15) is 0 Å². The van der Waals surface area contributed by atoms with Gasteiger partial charge in [-0.3, -0.25) is 4.99 Å². The van der Waals surface area contributed by atoms with Gasteiger partial charge in [-0.1, -0.05) is 36.8 Å². The van der Waals surface area contributed by atoms with Gasteiger partial charge in [0, 0.05) is 32.1 Å². The molecule has 0 bridgehead atoms. The minimum absolute atomic E-state index is 0. The highest BCUT2D eigenvalue weighted by Gasteiger charge is 2.29. The number of likely N-dealkylation sites (tertiary alicyclic amines) is 1. The Morgan fingerprint density at radius 1 is 1.33 bits per heavy atom. The monoisotopic (exact) mass is 505 g/mol. The number of benzene rings is 1. The average Bonchev–Trinajstić information content (AvgIpc) is 3.22. The van der Waals surface area contributed by atoms with Crippen LogP contribution in [0.2, 0.25) is 0 Å². The van der Waals surface area contributed by atoms with Crippen LogP contribution in [0.5, 0.6) is 0 Å². The lowest BCUT2D eigenvalue weighted by Crippen LogP contribution is -2.40. The molecule has 152 valence electrons. The molecule has 2 aliphatic heterocycles. The summed E-state index contributed by atoms with van der Waals surface area (Å²) in [6.07, 6.45) is 2.93. The molecule has 1 aromatic carbocycles. The third-order valence-corrected chi connectivity index (χ3v) is 7.20. The summed E-state index contributed by atoms with van der Waals surface area (Å²) in [6, 6.07) is 8.79. The smallest absolute Gasteiger partial charge is 0.193 e. The van der Waals surface area contributed by atoms with Gasteiger partial charge < -0.3 is 10.2 Å². The van der Waals surface area contributed by atoms with Crippen LogP contribution in [-0.2, 0) is 9.84 Å². The van der Waals surface area contributed by atoms with Crippen LogP contribution < -0.4 is 5.32 Å². The SMILES string of the molecule is CCCNC(=NCC1CCS(=O)(=O)C1)N1CCC(c2cccc(C)c2)C1.I. The Bertz CT molecular complexity index is 751. The van der Waals surface area contributed by atoms with E-state index in [1.807, 2.05) is 0 Å². The van der Waals surface area contributed by atoms with Crippen LogP contribution in [0.4, 0.5) is 0 Å². The van der Waals surface area contributed by atoms with E-state index in [0.717, 1.165) is 44.9 Å². The Kier molecular flexibility index (Phi) is 8.39. The molecule has 0 aliphatic carbocycles. The molecule has 0 spiro atoms. The average molecular weight is 505 g/mol. The van der Waals surface area contributed by atoms with Gasteiger partial charge in [0.2, 0.25) is 0 Å². The van der Waals surface area contributed by atoms with E-state index in [2.05, 4.69) is 48.3 Å². The maximum atomic E-state index is 11.7. The van der Waals surface area contributed by atoms with Gasteiger partial charge in [0.05, 0.1) is 11.5 Å². The molecule has 27 heavy (non-hydrogen) atoms. The molecule has 1 N–H and O–H groups in total. The summed E-state index contributed by atoms with van der Waals surface area (Å²) in [6.45, 7) is 7.76. The summed E-state index contributed by atoms with van der Waals surface area (Å²) < 4.78 is 23.3. The molecular weight excluding hydrogens is 473 g/mol. The van der Waals surface area contributed by atoms with Crippen LogP contribution in [0.25, 0.3) is 0 Å². The van der Waals surface area contributed by atoms with E-state index in [9.17, 15) is 8.42 Å². The molecule has 2 atom stereocenters. The van der Waals surface area contributed by atoms with Gasteiger partial charge in [-0.2, -0.15) is 0 Å². The first-order chi connectivity index (χ1) is 12.5. The fraction of sp³-hybridized carbons (Fsp3) is 0.650. The van der Waals surface area contributed by atoms with Gasteiger partial charge in [0.15, 0.2) is 15.8 Å². The molecule has 5 nitrogen and oxygen atoms in total. The zero-order valence-corrected chi connectivity index (χ0v) is 19.5. The number of halogens is 1. The largest absolute Gasteiger partial charge is 0.356 e. The summed E-state index contributed by atoms with van der Waals surface area (Å²) in [5.41, 5.74) is 2.71. The molecule has 2 fully saturated rings. The van der Waals surface area contributed by atoms with Crippen LogP contribution in [0, 0.1) is 12.8 Å². The first kappa shape index (κ1) is 22.5. The van der Waals surface area contributed by atoms with Crippen LogP contribution >= 0.6 is 24.0 Å². The van der Waals surface area contributed by atoms with E-state index < -0.39 is 9.84 Å². The Morgan fingerprint density at radius 3 is 2.81 bits per heavy atom. The predicted molar refractivity (Wildman–Crippen MR) is 123 cm³/mol. The molecule has 2 aliphatic rings. The number of nitrogens with one attached hydrogen (secondary N) is 1. The van der Waals surface area contributed by atoms with Crippen LogP contribution in [0.3, 0.4) is 0 Å². The van der Waals surface area contributed by atoms with Crippen LogP contribution in [0.15, 0.2) is 29.3 Å². The lowest BCUT2D eigenvalue weighted by Gasteiger charge is -2.22. The molecule has 2 saturated heterocycles. The molecule has 0 aromatic heterocycles. The van der Waals surface area contributed by atoms with E-state index in [0.29, 0.717) is 24.0 Å². The summed E-state index contributed by atoms with van der Waals surface area (Å²) in [7, 11) is -2.83. The van der Waals surface area contributed by atoms with Gasteiger partial charge >= 0.3 is 0 Å². The number of hydrogen-bond donors (Lipinski definition) is 1. The summed E-state index contributed by atoms with van der Waals surface area (Å²) in [4.78, 5) is 7.14. The second kappa shape index (κ2) is 10.1. The molecule has 7 heteroatoms. The third kappa shape index (κ3) is 6.34. The number of sulfone groups is 1. The highest BCUT2D eigenvalue weighted by Crippen LogP contribution is 2.28. The topological polar surface area (TPSA) is 61.8 Å². The van der Waals surface area contributed by atoms with E-state index in [1.165, 1.54) is 11.1 Å². The molecule has 2 unspecified atom stereocenters. The zero-order valence-electron chi connectivity index (χ0n) is 16.4.